The van der Waals surface area contributed by atoms with Crippen LogP contribution in [0.25, 0.3) is 0 Å². The van der Waals surface area contributed by atoms with Crippen molar-refractivity contribution in [2.45, 2.75) is 0 Å². The molecule has 2 rings (SSSR count). The molecule has 2 amide bonds. The van der Waals surface area contributed by atoms with Gasteiger partial charge in [0.25, 0.3) is 11.8 Å². The molecule has 0 aliphatic heterocycles. The van der Waals surface area contributed by atoms with Crippen molar-refractivity contribution < 1.29 is 9.59 Å². The first-order valence-corrected chi connectivity index (χ1v) is 5.37. The Labute approximate surface area is 99.7 Å². The van der Waals surface area contributed by atoms with Gasteiger partial charge in [-0.1, -0.05) is 0 Å². The molecule has 0 saturated carbocycles. The van der Waals surface area contributed by atoms with Crippen LogP contribution in [0, 0.1) is 0 Å². The Morgan fingerprint density at radius 2 is 2.12 bits per heavy atom. The SMILES string of the molecule is NC(=O)c1csc(NC(=O)c2cnccn2)n1. The predicted octanol–water partition coefficient (Wildman–Crippen LogP) is 0.284. The summed E-state index contributed by atoms with van der Waals surface area (Å²) in [5.74, 6) is -1.08. The summed E-state index contributed by atoms with van der Waals surface area (Å²) >= 11 is 1.11. The monoisotopic (exact) mass is 249 g/mol. The quantitative estimate of drug-likeness (QED) is 0.811. The van der Waals surface area contributed by atoms with Crippen molar-refractivity contribution in [3.63, 3.8) is 0 Å². The highest BCUT2D eigenvalue weighted by atomic mass is 32.1. The molecule has 0 aliphatic rings. The molecule has 0 spiro atoms. The number of amides is 2. The van der Waals surface area contributed by atoms with Crippen LogP contribution in [0.1, 0.15) is 21.0 Å². The van der Waals surface area contributed by atoms with Gasteiger partial charge in [0, 0.05) is 17.8 Å². The fraction of sp³-hybridized carbons (Fsp3) is 0. The number of aromatic nitrogens is 3. The number of nitrogens with one attached hydrogen (secondary N) is 1. The van der Waals surface area contributed by atoms with E-state index in [1.54, 1.807) is 0 Å². The van der Waals surface area contributed by atoms with Crippen LogP contribution in [0.15, 0.2) is 24.0 Å². The van der Waals surface area contributed by atoms with Gasteiger partial charge in [-0.15, -0.1) is 11.3 Å². The largest absolute Gasteiger partial charge is 0.364 e. The van der Waals surface area contributed by atoms with Crippen molar-refractivity contribution in [3.8, 4) is 0 Å². The van der Waals surface area contributed by atoms with E-state index >= 15 is 0 Å². The highest BCUT2D eigenvalue weighted by Gasteiger charge is 2.11. The van der Waals surface area contributed by atoms with Crippen molar-refractivity contribution in [1.29, 1.82) is 0 Å². The Hall–Kier alpha value is -2.35. The smallest absolute Gasteiger partial charge is 0.277 e. The van der Waals surface area contributed by atoms with Gasteiger partial charge in [0.05, 0.1) is 6.20 Å². The zero-order chi connectivity index (χ0) is 12.3. The molecule has 0 atom stereocenters. The van der Waals surface area contributed by atoms with Crippen LogP contribution in [0.2, 0.25) is 0 Å². The summed E-state index contributed by atoms with van der Waals surface area (Å²) in [6.07, 6.45) is 4.20. The molecule has 2 aromatic rings. The maximum Gasteiger partial charge on any atom is 0.277 e. The van der Waals surface area contributed by atoms with E-state index in [0.717, 1.165) is 11.3 Å². The summed E-state index contributed by atoms with van der Waals surface area (Å²) < 4.78 is 0. The molecule has 2 aromatic heterocycles. The van der Waals surface area contributed by atoms with Gasteiger partial charge in [-0.3, -0.25) is 19.9 Å². The normalized spacial score (nSPS) is 9.88. The number of rotatable bonds is 3. The second-order valence-corrected chi connectivity index (χ2v) is 3.81. The van der Waals surface area contributed by atoms with Gasteiger partial charge >= 0.3 is 0 Å². The van der Waals surface area contributed by atoms with Gasteiger partial charge in [-0.2, -0.15) is 0 Å². The van der Waals surface area contributed by atoms with Gasteiger partial charge in [0.2, 0.25) is 0 Å². The van der Waals surface area contributed by atoms with E-state index < -0.39 is 11.8 Å². The van der Waals surface area contributed by atoms with Crippen LogP contribution in [0.5, 0.6) is 0 Å². The number of nitrogens with zero attached hydrogens (tertiary/aromatic N) is 3. The Kier molecular flexibility index (Phi) is 3.06. The van der Waals surface area contributed by atoms with Gasteiger partial charge in [0.15, 0.2) is 5.13 Å². The molecule has 0 bridgehead atoms. The molecule has 2 heterocycles. The summed E-state index contributed by atoms with van der Waals surface area (Å²) in [5, 5.41) is 4.25. The molecule has 86 valence electrons. The summed E-state index contributed by atoms with van der Waals surface area (Å²) in [4.78, 5) is 33.9. The number of anilines is 1. The van der Waals surface area contributed by atoms with Crippen LogP contribution in [-0.4, -0.2) is 26.8 Å². The zero-order valence-corrected chi connectivity index (χ0v) is 9.27. The number of hydrogen-bond donors (Lipinski definition) is 2. The first-order chi connectivity index (χ1) is 8.16. The summed E-state index contributed by atoms with van der Waals surface area (Å²) in [6.45, 7) is 0. The van der Waals surface area contributed by atoms with E-state index in [4.69, 9.17) is 5.73 Å². The molecule has 0 fully saturated rings. The Balaban J connectivity index is 2.11. The molecule has 0 unspecified atom stereocenters. The molecule has 0 aliphatic carbocycles. The lowest BCUT2D eigenvalue weighted by atomic mass is 10.4. The Bertz CT molecular complexity index is 554. The second-order valence-electron chi connectivity index (χ2n) is 2.95. The fourth-order valence-corrected chi connectivity index (χ4v) is 1.72. The lowest BCUT2D eigenvalue weighted by Gasteiger charge is -1.98. The zero-order valence-electron chi connectivity index (χ0n) is 8.45. The average Bonchev–Trinajstić information content (AvgIpc) is 2.79. The van der Waals surface area contributed by atoms with Crippen molar-refractivity contribution in [2.75, 3.05) is 5.32 Å². The van der Waals surface area contributed by atoms with Crippen molar-refractivity contribution in [3.05, 3.63) is 35.4 Å². The predicted molar refractivity (Wildman–Crippen MR) is 60.6 cm³/mol. The van der Waals surface area contributed by atoms with Crippen molar-refractivity contribution >= 4 is 28.3 Å². The highest BCUT2D eigenvalue weighted by molar-refractivity contribution is 7.14. The molecule has 7 nitrogen and oxygen atoms in total. The number of thiazole rings is 1. The fourth-order valence-electron chi connectivity index (χ4n) is 1.02. The number of nitrogens with two attached hydrogens (primary N) is 1. The minimum atomic E-state index is -0.638. The van der Waals surface area contributed by atoms with Crippen LogP contribution < -0.4 is 11.1 Å². The van der Waals surface area contributed by atoms with E-state index in [1.807, 2.05) is 0 Å². The van der Waals surface area contributed by atoms with Crippen LogP contribution in [-0.2, 0) is 0 Å². The number of hydrogen-bond acceptors (Lipinski definition) is 6. The van der Waals surface area contributed by atoms with Gasteiger partial charge < -0.3 is 5.73 Å². The topological polar surface area (TPSA) is 111 Å². The summed E-state index contributed by atoms with van der Waals surface area (Å²) in [5.41, 5.74) is 5.32. The van der Waals surface area contributed by atoms with E-state index in [1.165, 1.54) is 24.0 Å². The van der Waals surface area contributed by atoms with E-state index in [0.29, 0.717) is 0 Å². The van der Waals surface area contributed by atoms with Crippen molar-refractivity contribution in [1.82, 2.24) is 15.0 Å². The molecule has 0 radical (unpaired) electrons. The third-order valence-corrected chi connectivity index (χ3v) is 2.53. The van der Waals surface area contributed by atoms with Gasteiger partial charge in [-0.25, -0.2) is 9.97 Å². The minimum Gasteiger partial charge on any atom is -0.364 e. The number of primary amides is 1. The summed E-state index contributed by atoms with van der Waals surface area (Å²) in [7, 11) is 0. The van der Waals surface area contributed by atoms with E-state index in [2.05, 4.69) is 20.3 Å². The number of carbonyl (C=O) groups excluding carboxylic acids is 2. The van der Waals surface area contributed by atoms with E-state index in [9.17, 15) is 9.59 Å². The molecule has 3 N–H and O–H groups in total. The molecule has 8 heteroatoms. The van der Waals surface area contributed by atoms with Gasteiger partial charge in [0.1, 0.15) is 11.4 Å². The van der Waals surface area contributed by atoms with Gasteiger partial charge in [-0.05, 0) is 0 Å². The van der Waals surface area contributed by atoms with Crippen LogP contribution in [0.3, 0.4) is 0 Å². The third kappa shape index (κ3) is 2.61. The maximum atomic E-state index is 11.6. The standard InChI is InChI=1S/C9H7N5O2S/c10-7(15)6-4-17-9(13-6)14-8(16)5-3-11-1-2-12-5/h1-4H,(H2,10,15)(H,13,14,16). The Morgan fingerprint density at radius 1 is 1.29 bits per heavy atom. The van der Waals surface area contributed by atoms with Crippen molar-refractivity contribution in [2.24, 2.45) is 5.73 Å². The second kappa shape index (κ2) is 4.66. The maximum absolute atomic E-state index is 11.6. The summed E-state index contributed by atoms with van der Waals surface area (Å²) in [6, 6.07) is 0. The number of carbonyl (C=O) groups is 2. The highest BCUT2D eigenvalue weighted by Crippen LogP contribution is 2.15. The molecule has 0 saturated heterocycles. The third-order valence-electron chi connectivity index (χ3n) is 1.77. The first kappa shape index (κ1) is 11.1. The molecular weight excluding hydrogens is 242 g/mol. The average molecular weight is 249 g/mol. The van der Waals surface area contributed by atoms with Crippen LogP contribution >= 0.6 is 11.3 Å². The molecule has 0 aromatic carbocycles. The Morgan fingerprint density at radius 3 is 2.71 bits per heavy atom. The lowest BCUT2D eigenvalue weighted by Crippen LogP contribution is -2.15. The minimum absolute atomic E-state index is 0.115. The van der Waals surface area contributed by atoms with Crippen LogP contribution in [0.4, 0.5) is 5.13 Å². The molecular formula is C9H7N5O2S. The van der Waals surface area contributed by atoms with E-state index in [-0.39, 0.29) is 16.5 Å². The lowest BCUT2D eigenvalue weighted by molar-refractivity contribution is 0.0991. The molecule has 17 heavy (non-hydrogen) atoms. The first-order valence-electron chi connectivity index (χ1n) is 4.49.